The number of fused-ring (bicyclic) bond motifs is 1. The van der Waals surface area contributed by atoms with Gasteiger partial charge in [0.05, 0.1) is 13.2 Å². The van der Waals surface area contributed by atoms with E-state index in [1.807, 2.05) is 18.2 Å². The number of methoxy groups -OCH3 is 1. The fourth-order valence-corrected chi connectivity index (χ4v) is 2.02. The first-order valence-corrected chi connectivity index (χ1v) is 5.29. The van der Waals surface area contributed by atoms with Gasteiger partial charge < -0.3 is 15.2 Å². The second-order valence-electron chi connectivity index (χ2n) is 4.09. The summed E-state index contributed by atoms with van der Waals surface area (Å²) in [5, 5.41) is 13.2. The summed E-state index contributed by atoms with van der Waals surface area (Å²) in [6, 6.07) is 6.33. The lowest BCUT2D eigenvalue weighted by Crippen LogP contribution is -2.28. The van der Waals surface area contributed by atoms with Crippen LogP contribution in [0.3, 0.4) is 0 Å². The standard InChI is InChI=1S/C12H17NO2/c1-8-5-9-3-4-10(15-2)6-11(9)12(14)7-13-8/h3-4,6,8,12-14H,5,7H2,1-2H3. The number of hydrogen-bond acceptors (Lipinski definition) is 3. The number of nitrogens with one attached hydrogen (secondary N) is 1. The average molecular weight is 207 g/mol. The minimum atomic E-state index is -0.431. The molecule has 0 aliphatic carbocycles. The quantitative estimate of drug-likeness (QED) is 0.728. The molecule has 1 aliphatic heterocycles. The van der Waals surface area contributed by atoms with Crippen molar-refractivity contribution in [2.24, 2.45) is 0 Å². The van der Waals surface area contributed by atoms with Gasteiger partial charge in [0, 0.05) is 12.6 Å². The summed E-state index contributed by atoms with van der Waals surface area (Å²) in [5.41, 5.74) is 2.20. The first-order chi connectivity index (χ1) is 7.20. The van der Waals surface area contributed by atoms with Crippen molar-refractivity contribution in [1.82, 2.24) is 5.32 Å². The molecule has 1 aromatic carbocycles. The predicted octanol–water partition coefficient (Wildman–Crippen LogP) is 1.26. The van der Waals surface area contributed by atoms with Crippen molar-refractivity contribution >= 4 is 0 Å². The summed E-state index contributed by atoms with van der Waals surface area (Å²) in [6.45, 7) is 2.74. The van der Waals surface area contributed by atoms with E-state index in [-0.39, 0.29) is 0 Å². The van der Waals surface area contributed by atoms with Gasteiger partial charge in [-0.2, -0.15) is 0 Å². The predicted molar refractivity (Wildman–Crippen MR) is 59.1 cm³/mol. The molecule has 0 amide bonds. The number of β-amino-alcohol motifs (C(OH)–C–C–N with tert-alkyl or cyclic N) is 1. The van der Waals surface area contributed by atoms with Gasteiger partial charge in [-0.3, -0.25) is 0 Å². The maximum atomic E-state index is 9.96. The van der Waals surface area contributed by atoms with Crippen LogP contribution in [0.25, 0.3) is 0 Å². The normalized spacial score (nSPS) is 25.5. The molecule has 1 aliphatic rings. The lowest BCUT2D eigenvalue weighted by atomic mass is 9.99. The van der Waals surface area contributed by atoms with Crippen LogP contribution in [0.1, 0.15) is 24.2 Å². The molecular formula is C12H17NO2. The molecule has 0 bridgehead atoms. The van der Waals surface area contributed by atoms with E-state index in [4.69, 9.17) is 4.74 Å². The van der Waals surface area contributed by atoms with E-state index in [1.165, 1.54) is 5.56 Å². The summed E-state index contributed by atoms with van der Waals surface area (Å²) in [4.78, 5) is 0. The van der Waals surface area contributed by atoms with Crippen LogP contribution in [0, 0.1) is 0 Å². The van der Waals surface area contributed by atoms with E-state index in [1.54, 1.807) is 7.11 Å². The van der Waals surface area contributed by atoms with Crippen LogP contribution < -0.4 is 10.1 Å². The fourth-order valence-electron chi connectivity index (χ4n) is 2.02. The molecule has 0 saturated heterocycles. The molecule has 2 rings (SSSR count). The van der Waals surface area contributed by atoms with Crippen LogP contribution in [0.4, 0.5) is 0 Å². The van der Waals surface area contributed by atoms with Gasteiger partial charge in [0.1, 0.15) is 5.75 Å². The summed E-state index contributed by atoms with van der Waals surface area (Å²) in [6.07, 6.45) is 0.524. The maximum absolute atomic E-state index is 9.96. The Balaban J connectivity index is 2.39. The number of hydrogen-bond donors (Lipinski definition) is 2. The smallest absolute Gasteiger partial charge is 0.119 e. The monoisotopic (exact) mass is 207 g/mol. The number of ether oxygens (including phenoxy) is 1. The van der Waals surface area contributed by atoms with Crippen LogP contribution >= 0.6 is 0 Å². The van der Waals surface area contributed by atoms with Crippen molar-refractivity contribution in [3.8, 4) is 5.75 Å². The van der Waals surface area contributed by atoms with Crippen molar-refractivity contribution in [3.05, 3.63) is 29.3 Å². The number of rotatable bonds is 1. The first-order valence-electron chi connectivity index (χ1n) is 5.29. The summed E-state index contributed by atoms with van der Waals surface area (Å²) < 4.78 is 5.16. The van der Waals surface area contributed by atoms with Crippen LogP contribution in [0.15, 0.2) is 18.2 Å². The van der Waals surface area contributed by atoms with Gasteiger partial charge in [0.15, 0.2) is 0 Å². The lowest BCUT2D eigenvalue weighted by Gasteiger charge is -2.12. The number of benzene rings is 1. The van der Waals surface area contributed by atoms with E-state index in [2.05, 4.69) is 12.2 Å². The van der Waals surface area contributed by atoms with Crippen molar-refractivity contribution in [2.75, 3.05) is 13.7 Å². The summed E-state index contributed by atoms with van der Waals surface area (Å²) in [7, 11) is 1.64. The molecule has 0 aromatic heterocycles. The number of aliphatic hydroxyl groups excluding tert-OH is 1. The maximum Gasteiger partial charge on any atom is 0.119 e. The topological polar surface area (TPSA) is 41.5 Å². The number of aliphatic hydroxyl groups is 1. The van der Waals surface area contributed by atoms with Gasteiger partial charge in [0.25, 0.3) is 0 Å². The Labute approximate surface area is 90.1 Å². The third-order valence-corrected chi connectivity index (χ3v) is 2.90. The van der Waals surface area contributed by atoms with Gasteiger partial charge in [-0.05, 0) is 36.6 Å². The molecule has 0 saturated carbocycles. The van der Waals surface area contributed by atoms with Gasteiger partial charge in [-0.15, -0.1) is 0 Å². The highest BCUT2D eigenvalue weighted by Crippen LogP contribution is 2.26. The Morgan fingerprint density at radius 2 is 2.27 bits per heavy atom. The SMILES string of the molecule is COc1ccc2c(c1)C(O)CNC(C)C2. The molecule has 2 atom stereocenters. The Bertz CT molecular complexity index is 351. The Hall–Kier alpha value is -1.06. The average Bonchev–Trinajstić information content (AvgIpc) is 2.39. The molecule has 2 N–H and O–H groups in total. The van der Waals surface area contributed by atoms with Gasteiger partial charge in [0.2, 0.25) is 0 Å². The molecule has 0 spiro atoms. The van der Waals surface area contributed by atoms with E-state index >= 15 is 0 Å². The van der Waals surface area contributed by atoms with Crippen molar-refractivity contribution < 1.29 is 9.84 Å². The summed E-state index contributed by atoms with van der Waals surface area (Å²) >= 11 is 0. The molecule has 3 heteroatoms. The van der Waals surface area contributed by atoms with E-state index in [0.717, 1.165) is 17.7 Å². The minimum absolute atomic E-state index is 0.411. The lowest BCUT2D eigenvalue weighted by molar-refractivity contribution is 0.174. The highest BCUT2D eigenvalue weighted by atomic mass is 16.5. The van der Waals surface area contributed by atoms with Crippen LogP contribution in [0.5, 0.6) is 5.75 Å². The van der Waals surface area contributed by atoms with Crippen molar-refractivity contribution in [3.63, 3.8) is 0 Å². The second kappa shape index (κ2) is 4.21. The first kappa shape index (κ1) is 10.5. The van der Waals surface area contributed by atoms with Gasteiger partial charge >= 0.3 is 0 Å². The zero-order valence-corrected chi connectivity index (χ0v) is 9.16. The summed E-state index contributed by atoms with van der Waals surface area (Å²) in [5.74, 6) is 0.808. The molecule has 1 heterocycles. The third-order valence-electron chi connectivity index (χ3n) is 2.90. The van der Waals surface area contributed by atoms with Gasteiger partial charge in [-0.1, -0.05) is 6.07 Å². The second-order valence-corrected chi connectivity index (χ2v) is 4.09. The highest BCUT2D eigenvalue weighted by Gasteiger charge is 2.19. The fraction of sp³-hybridized carbons (Fsp3) is 0.500. The zero-order chi connectivity index (χ0) is 10.8. The van der Waals surface area contributed by atoms with Gasteiger partial charge in [-0.25, -0.2) is 0 Å². The van der Waals surface area contributed by atoms with Crippen LogP contribution in [-0.2, 0) is 6.42 Å². The molecular weight excluding hydrogens is 190 g/mol. The van der Waals surface area contributed by atoms with Crippen molar-refractivity contribution in [1.29, 1.82) is 0 Å². The molecule has 0 fully saturated rings. The minimum Gasteiger partial charge on any atom is -0.497 e. The third kappa shape index (κ3) is 2.13. The van der Waals surface area contributed by atoms with Crippen LogP contribution in [-0.4, -0.2) is 24.8 Å². The highest BCUT2D eigenvalue weighted by molar-refractivity contribution is 5.38. The Morgan fingerprint density at radius 1 is 1.47 bits per heavy atom. The van der Waals surface area contributed by atoms with E-state index in [0.29, 0.717) is 12.6 Å². The molecule has 2 unspecified atom stereocenters. The van der Waals surface area contributed by atoms with Crippen molar-refractivity contribution in [2.45, 2.75) is 25.5 Å². The molecule has 82 valence electrons. The Morgan fingerprint density at radius 3 is 3.00 bits per heavy atom. The van der Waals surface area contributed by atoms with E-state index in [9.17, 15) is 5.11 Å². The largest absolute Gasteiger partial charge is 0.497 e. The molecule has 3 nitrogen and oxygen atoms in total. The van der Waals surface area contributed by atoms with E-state index < -0.39 is 6.10 Å². The molecule has 15 heavy (non-hydrogen) atoms. The zero-order valence-electron chi connectivity index (χ0n) is 9.16. The van der Waals surface area contributed by atoms with Crippen LogP contribution in [0.2, 0.25) is 0 Å². The molecule has 1 aromatic rings. The molecule has 0 radical (unpaired) electrons. The Kier molecular flexibility index (Phi) is 2.93.